The van der Waals surface area contributed by atoms with Gasteiger partial charge in [-0.25, -0.2) is 8.42 Å². The van der Waals surface area contributed by atoms with Crippen molar-refractivity contribution in [2.75, 3.05) is 31.6 Å². The van der Waals surface area contributed by atoms with E-state index >= 15 is 0 Å². The topological polar surface area (TPSA) is 105 Å². The molecule has 3 aromatic carbocycles. The van der Waals surface area contributed by atoms with Crippen LogP contribution in [0.3, 0.4) is 0 Å². The van der Waals surface area contributed by atoms with Gasteiger partial charge in [0, 0.05) is 13.1 Å². The highest BCUT2D eigenvalue weighted by Gasteiger charge is 2.33. The molecule has 3 rings (SSSR count). The first-order valence-corrected chi connectivity index (χ1v) is 15.1. The van der Waals surface area contributed by atoms with E-state index < -0.39 is 28.5 Å². The summed E-state index contributed by atoms with van der Waals surface area (Å²) in [5.74, 6) is 0.0879. The van der Waals surface area contributed by atoms with Gasteiger partial charge in [-0.15, -0.1) is 0 Å². The lowest BCUT2D eigenvalue weighted by atomic mass is 10.1. The van der Waals surface area contributed by atoms with E-state index in [1.807, 2.05) is 19.9 Å². The molecule has 0 radical (unpaired) electrons. The van der Waals surface area contributed by atoms with Gasteiger partial charge in [0.25, 0.3) is 10.0 Å². The van der Waals surface area contributed by atoms with E-state index in [0.29, 0.717) is 24.5 Å². The molecule has 0 heterocycles. The summed E-state index contributed by atoms with van der Waals surface area (Å²) in [4.78, 5) is 28.7. The third kappa shape index (κ3) is 7.92. The van der Waals surface area contributed by atoms with Gasteiger partial charge in [-0.1, -0.05) is 55.8 Å². The van der Waals surface area contributed by atoms with Crippen LogP contribution in [0.25, 0.3) is 0 Å². The number of carbonyl (C=O) groups is 2. The predicted molar refractivity (Wildman–Crippen MR) is 160 cm³/mol. The number of amides is 2. The first-order valence-electron chi connectivity index (χ1n) is 13.3. The number of rotatable bonds is 14. The van der Waals surface area contributed by atoms with Crippen molar-refractivity contribution in [3.63, 3.8) is 0 Å². The normalized spacial score (nSPS) is 11.8. The third-order valence-electron chi connectivity index (χ3n) is 6.46. The van der Waals surface area contributed by atoms with Gasteiger partial charge < -0.3 is 19.7 Å². The Labute approximate surface area is 247 Å². The van der Waals surface area contributed by atoms with Gasteiger partial charge in [0.2, 0.25) is 11.8 Å². The molecule has 0 aliphatic carbocycles. The Morgan fingerprint density at radius 1 is 0.951 bits per heavy atom. The number of benzene rings is 3. The van der Waals surface area contributed by atoms with E-state index in [-0.39, 0.29) is 28.1 Å². The number of hydrogen-bond acceptors (Lipinski definition) is 6. The Morgan fingerprint density at radius 2 is 1.68 bits per heavy atom. The molecular weight excluding hydrogens is 566 g/mol. The number of nitrogens with zero attached hydrogens (tertiary/aromatic N) is 2. The fraction of sp³-hybridized carbons (Fsp3) is 0.333. The number of anilines is 1. The summed E-state index contributed by atoms with van der Waals surface area (Å²) in [7, 11) is -1.21. The standard InChI is InChI=1S/C30H36ClN3O6S/c1-5-17-32-30(36)27(6-2)33(20-22-11-10-12-24(18-22)39-3)29(35)21-34(23-15-16-28(40-4)26(31)19-23)41(37,38)25-13-8-7-9-14-25/h7-16,18-19,27H,5-6,17,20-21H2,1-4H3,(H,32,36)/t27-/m0/s1. The average Bonchev–Trinajstić information content (AvgIpc) is 2.98. The van der Waals surface area contributed by atoms with Crippen LogP contribution >= 0.6 is 11.6 Å². The third-order valence-corrected chi connectivity index (χ3v) is 8.54. The summed E-state index contributed by atoms with van der Waals surface area (Å²) in [5, 5.41) is 3.05. The minimum Gasteiger partial charge on any atom is -0.497 e. The second-order valence-electron chi connectivity index (χ2n) is 9.23. The summed E-state index contributed by atoms with van der Waals surface area (Å²) in [6.45, 7) is 3.70. The summed E-state index contributed by atoms with van der Waals surface area (Å²) < 4.78 is 39.4. The van der Waals surface area contributed by atoms with Crippen molar-refractivity contribution in [2.45, 2.75) is 44.2 Å². The Hall–Kier alpha value is -3.76. The molecule has 1 N–H and O–H groups in total. The zero-order chi connectivity index (χ0) is 30.0. The molecule has 11 heteroatoms. The first-order chi connectivity index (χ1) is 19.7. The summed E-state index contributed by atoms with van der Waals surface area (Å²) in [6.07, 6.45) is 1.05. The monoisotopic (exact) mass is 601 g/mol. The molecule has 0 aliphatic heterocycles. The molecule has 0 saturated heterocycles. The van der Waals surface area contributed by atoms with Gasteiger partial charge in [0.15, 0.2) is 0 Å². The van der Waals surface area contributed by atoms with Crippen LogP contribution in [0.1, 0.15) is 32.3 Å². The maximum atomic E-state index is 14.1. The van der Waals surface area contributed by atoms with Crippen LogP contribution in [-0.4, -0.2) is 58.5 Å². The number of methoxy groups -OCH3 is 2. The molecule has 220 valence electrons. The number of sulfonamides is 1. The van der Waals surface area contributed by atoms with Crippen molar-refractivity contribution in [2.24, 2.45) is 0 Å². The predicted octanol–water partition coefficient (Wildman–Crippen LogP) is 4.89. The summed E-state index contributed by atoms with van der Waals surface area (Å²) in [5.41, 5.74) is 0.905. The van der Waals surface area contributed by atoms with Crippen LogP contribution in [0.4, 0.5) is 5.69 Å². The smallest absolute Gasteiger partial charge is 0.264 e. The van der Waals surface area contributed by atoms with Gasteiger partial charge in [-0.05, 0) is 60.9 Å². The van der Waals surface area contributed by atoms with Gasteiger partial charge in [0.1, 0.15) is 24.1 Å². The first kappa shape index (κ1) is 31.8. The Balaban J connectivity index is 2.08. The van der Waals surface area contributed by atoms with E-state index in [4.69, 9.17) is 21.1 Å². The maximum absolute atomic E-state index is 14.1. The number of hydrogen-bond donors (Lipinski definition) is 1. The molecule has 41 heavy (non-hydrogen) atoms. The minimum absolute atomic E-state index is 0.00631. The molecule has 0 bridgehead atoms. The van der Waals surface area contributed by atoms with Crippen LogP contribution in [0.2, 0.25) is 5.02 Å². The van der Waals surface area contributed by atoms with Gasteiger partial charge in [0.05, 0.1) is 29.8 Å². The van der Waals surface area contributed by atoms with Crippen LogP contribution in [0, 0.1) is 0 Å². The van der Waals surface area contributed by atoms with E-state index in [1.165, 1.54) is 42.3 Å². The van der Waals surface area contributed by atoms with E-state index in [9.17, 15) is 18.0 Å². The molecule has 0 aromatic heterocycles. The van der Waals surface area contributed by atoms with Crippen LogP contribution < -0.4 is 19.1 Å². The molecule has 0 saturated carbocycles. The highest BCUT2D eigenvalue weighted by atomic mass is 35.5. The lowest BCUT2D eigenvalue weighted by molar-refractivity contribution is -0.140. The average molecular weight is 602 g/mol. The van der Waals surface area contributed by atoms with Gasteiger partial charge in [-0.2, -0.15) is 0 Å². The van der Waals surface area contributed by atoms with Crippen LogP contribution in [0.15, 0.2) is 77.7 Å². The number of ether oxygens (including phenoxy) is 2. The molecule has 0 aliphatic rings. The molecule has 0 fully saturated rings. The van der Waals surface area contributed by atoms with E-state index in [1.54, 1.807) is 43.5 Å². The van der Waals surface area contributed by atoms with Gasteiger partial charge in [-0.3, -0.25) is 13.9 Å². The molecule has 9 nitrogen and oxygen atoms in total. The number of halogens is 1. The maximum Gasteiger partial charge on any atom is 0.264 e. The second-order valence-corrected chi connectivity index (χ2v) is 11.5. The highest BCUT2D eigenvalue weighted by molar-refractivity contribution is 7.92. The molecule has 3 aromatic rings. The van der Waals surface area contributed by atoms with Crippen molar-refractivity contribution >= 4 is 39.1 Å². The Bertz CT molecular complexity index is 1440. The zero-order valence-corrected chi connectivity index (χ0v) is 25.2. The van der Waals surface area contributed by atoms with E-state index in [0.717, 1.165) is 16.3 Å². The lowest BCUT2D eigenvalue weighted by Crippen LogP contribution is -2.52. The molecule has 0 spiro atoms. The fourth-order valence-electron chi connectivity index (χ4n) is 4.31. The van der Waals surface area contributed by atoms with E-state index in [2.05, 4.69) is 5.32 Å². The Kier molecular flexibility index (Phi) is 11.4. The highest BCUT2D eigenvalue weighted by Crippen LogP contribution is 2.32. The molecular formula is C30H36ClN3O6S. The number of carbonyl (C=O) groups excluding carboxylic acids is 2. The molecule has 2 amide bonds. The Morgan fingerprint density at radius 3 is 2.29 bits per heavy atom. The SMILES string of the molecule is CCCNC(=O)[C@H](CC)N(Cc1cccc(OC)c1)C(=O)CN(c1ccc(OC)c(Cl)c1)S(=O)(=O)c1ccccc1. The van der Waals surface area contributed by atoms with Crippen LogP contribution in [-0.2, 0) is 26.2 Å². The summed E-state index contributed by atoms with van der Waals surface area (Å²) >= 11 is 6.36. The molecule has 0 unspecified atom stereocenters. The largest absolute Gasteiger partial charge is 0.497 e. The summed E-state index contributed by atoms with van der Waals surface area (Å²) in [6, 6.07) is 18.7. The van der Waals surface area contributed by atoms with Crippen molar-refractivity contribution in [1.29, 1.82) is 0 Å². The van der Waals surface area contributed by atoms with Crippen molar-refractivity contribution in [3.05, 3.63) is 83.4 Å². The number of nitrogens with one attached hydrogen (secondary N) is 1. The quantitative estimate of drug-likeness (QED) is 0.282. The minimum atomic E-state index is -4.20. The van der Waals surface area contributed by atoms with Crippen LogP contribution in [0.5, 0.6) is 11.5 Å². The lowest BCUT2D eigenvalue weighted by Gasteiger charge is -2.33. The van der Waals surface area contributed by atoms with Crippen molar-refractivity contribution < 1.29 is 27.5 Å². The molecule has 1 atom stereocenters. The van der Waals surface area contributed by atoms with Crippen molar-refractivity contribution in [3.8, 4) is 11.5 Å². The fourth-order valence-corrected chi connectivity index (χ4v) is 5.99. The van der Waals surface area contributed by atoms with Gasteiger partial charge >= 0.3 is 0 Å². The second kappa shape index (κ2) is 14.7. The zero-order valence-electron chi connectivity index (χ0n) is 23.7. The van der Waals surface area contributed by atoms with Crippen molar-refractivity contribution in [1.82, 2.24) is 10.2 Å².